The third kappa shape index (κ3) is 4.58. The minimum atomic E-state index is -4.47. The van der Waals surface area contributed by atoms with Gasteiger partial charge in [0.05, 0.1) is 18.2 Å². The quantitative estimate of drug-likeness (QED) is 0.769. The van der Waals surface area contributed by atoms with Crippen molar-refractivity contribution in [2.24, 2.45) is 0 Å². The van der Waals surface area contributed by atoms with Crippen LogP contribution in [0.25, 0.3) is 0 Å². The van der Waals surface area contributed by atoms with E-state index in [1.165, 1.54) is 17.2 Å². The summed E-state index contributed by atoms with van der Waals surface area (Å²) in [5, 5.41) is 14.4. The van der Waals surface area contributed by atoms with Gasteiger partial charge in [-0.15, -0.1) is 0 Å². The average molecular weight is 341 g/mol. The molecule has 1 aromatic rings. The normalized spacial score (nSPS) is 17.6. The summed E-state index contributed by atoms with van der Waals surface area (Å²) in [6.07, 6.45) is -1.69. The van der Waals surface area contributed by atoms with E-state index in [0.717, 1.165) is 12.5 Å². The molecule has 0 aliphatic carbocycles. The van der Waals surface area contributed by atoms with Crippen molar-refractivity contribution in [3.63, 3.8) is 0 Å². The zero-order valence-electron chi connectivity index (χ0n) is 12.9. The standard InChI is InChI=1S/C15H18F3N5O/c16-15(17,18)12-4-1-5-21-14(12)22-7-6-20-10-13(24)23-8-2-3-11(23)9-19/h1,4-5,11,20H,2-3,6-8,10H2,(H,21,22)/t11-/m0/s1. The zero-order chi connectivity index (χ0) is 17.6. The largest absolute Gasteiger partial charge is 0.419 e. The lowest BCUT2D eigenvalue weighted by molar-refractivity contribution is -0.137. The highest BCUT2D eigenvalue weighted by Crippen LogP contribution is 2.33. The molecule has 0 aromatic carbocycles. The number of nitriles is 1. The number of nitrogens with zero attached hydrogens (tertiary/aromatic N) is 3. The van der Waals surface area contributed by atoms with Gasteiger partial charge in [-0.1, -0.05) is 0 Å². The molecule has 6 nitrogen and oxygen atoms in total. The Labute approximate surface area is 137 Å². The summed E-state index contributed by atoms with van der Waals surface area (Å²) in [6.45, 7) is 1.10. The van der Waals surface area contributed by atoms with Crippen molar-refractivity contribution in [3.8, 4) is 6.07 Å². The zero-order valence-corrected chi connectivity index (χ0v) is 12.9. The predicted molar refractivity (Wildman–Crippen MR) is 80.9 cm³/mol. The first-order valence-corrected chi connectivity index (χ1v) is 7.59. The molecular weight excluding hydrogens is 323 g/mol. The van der Waals surface area contributed by atoms with Crippen LogP contribution in [0.15, 0.2) is 18.3 Å². The highest BCUT2D eigenvalue weighted by molar-refractivity contribution is 5.79. The number of pyridine rings is 1. The number of anilines is 1. The molecule has 130 valence electrons. The van der Waals surface area contributed by atoms with E-state index >= 15 is 0 Å². The second kappa shape index (κ2) is 7.97. The van der Waals surface area contributed by atoms with E-state index < -0.39 is 11.7 Å². The van der Waals surface area contributed by atoms with Crippen molar-refractivity contribution >= 4 is 11.7 Å². The van der Waals surface area contributed by atoms with Crippen molar-refractivity contribution in [1.29, 1.82) is 5.26 Å². The van der Waals surface area contributed by atoms with Crippen LogP contribution >= 0.6 is 0 Å². The first kappa shape index (κ1) is 18.0. The first-order valence-electron chi connectivity index (χ1n) is 7.59. The molecule has 1 fully saturated rings. The van der Waals surface area contributed by atoms with Crippen LogP contribution in [0.1, 0.15) is 18.4 Å². The Morgan fingerprint density at radius 3 is 2.96 bits per heavy atom. The molecular formula is C15H18F3N5O. The summed E-state index contributed by atoms with van der Waals surface area (Å²) in [4.78, 5) is 17.2. The minimum absolute atomic E-state index is 0.0498. The van der Waals surface area contributed by atoms with E-state index in [4.69, 9.17) is 5.26 Å². The van der Waals surface area contributed by atoms with Crippen molar-refractivity contribution in [2.75, 3.05) is 31.5 Å². The highest BCUT2D eigenvalue weighted by atomic mass is 19.4. The summed E-state index contributed by atoms with van der Waals surface area (Å²) >= 11 is 0. The second-order valence-corrected chi connectivity index (χ2v) is 5.38. The van der Waals surface area contributed by atoms with Crippen LogP contribution in [0.2, 0.25) is 0 Å². The van der Waals surface area contributed by atoms with Gasteiger partial charge in [0.15, 0.2) is 0 Å². The van der Waals surface area contributed by atoms with Crippen LogP contribution in [0.5, 0.6) is 0 Å². The van der Waals surface area contributed by atoms with E-state index in [9.17, 15) is 18.0 Å². The number of alkyl halides is 3. The van der Waals surface area contributed by atoms with Gasteiger partial charge in [-0.05, 0) is 25.0 Å². The summed E-state index contributed by atoms with van der Waals surface area (Å²) < 4.78 is 38.4. The molecule has 9 heteroatoms. The maximum atomic E-state index is 12.8. The Bertz CT molecular complexity index is 614. The molecule has 2 N–H and O–H groups in total. The fraction of sp³-hybridized carbons (Fsp3) is 0.533. The Morgan fingerprint density at radius 1 is 1.46 bits per heavy atom. The van der Waals surface area contributed by atoms with Gasteiger partial charge >= 0.3 is 6.18 Å². The molecule has 1 aliphatic rings. The smallest absolute Gasteiger partial charge is 0.368 e. The monoisotopic (exact) mass is 341 g/mol. The van der Waals surface area contributed by atoms with Gasteiger partial charge in [-0.25, -0.2) is 4.98 Å². The van der Waals surface area contributed by atoms with Gasteiger partial charge in [0.1, 0.15) is 11.9 Å². The van der Waals surface area contributed by atoms with Crippen molar-refractivity contribution in [2.45, 2.75) is 25.1 Å². The number of likely N-dealkylation sites (tertiary alicyclic amines) is 1. The van der Waals surface area contributed by atoms with Crippen LogP contribution in [0.4, 0.5) is 19.0 Å². The Kier molecular flexibility index (Phi) is 5.98. The van der Waals surface area contributed by atoms with E-state index in [0.29, 0.717) is 19.5 Å². The number of halogens is 3. The molecule has 0 saturated carbocycles. The number of carbonyl (C=O) groups excluding carboxylic acids is 1. The molecule has 1 atom stereocenters. The van der Waals surface area contributed by atoms with E-state index in [2.05, 4.69) is 21.7 Å². The van der Waals surface area contributed by atoms with E-state index in [-0.39, 0.29) is 30.9 Å². The van der Waals surface area contributed by atoms with Gasteiger partial charge in [0, 0.05) is 25.8 Å². The molecule has 1 saturated heterocycles. The number of amides is 1. The molecule has 2 heterocycles. The fourth-order valence-electron chi connectivity index (χ4n) is 2.54. The SMILES string of the molecule is N#C[C@@H]1CCCN1C(=O)CNCCNc1ncccc1C(F)(F)F. The van der Waals surface area contributed by atoms with Gasteiger partial charge < -0.3 is 15.5 Å². The number of rotatable bonds is 6. The number of hydrogen-bond donors (Lipinski definition) is 2. The molecule has 0 spiro atoms. The third-order valence-electron chi connectivity index (χ3n) is 3.71. The molecule has 0 bridgehead atoms. The number of aromatic nitrogens is 1. The van der Waals surface area contributed by atoms with Crippen LogP contribution in [0.3, 0.4) is 0 Å². The topological polar surface area (TPSA) is 81.0 Å². The summed E-state index contributed by atoms with van der Waals surface area (Å²) in [5.74, 6) is -0.407. The van der Waals surface area contributed by atoms with Gasteiger partial charge in [0.2, 0.25) is 5.91 Å². The third-order valence-corrected chi connectivity index (χ3v) is 3.71. The maximum Gasteiger partial charge on any atom is 0.419 e. The molecule has 1 aliphatic heterocycles. The van der Waals surface area contributed by atoms with Gasteiger partial charge in [-0.3, -0.25) is 4.79 Å². The lowest BCUT2D eigenvalue weighted by Crippen LogP contribution is -2.41. The second-order valence-electron chi connectivity index (χ2n) is 5.38. The van der Waals surface area contributed by atoms with Crippen molar-refractivity contribution in [1.82, 2.24) is 15.2 Å². The lowest BCUT2D eigenvalue weighted by atomic mass is 10.2. The van der Waals surface area contributed by atoms with Crippen molar-refractivity contribution in [3.05, 3.63) is 23.9 Å². The molecule has 1 amide bonds. The van der Waals surface area contributed by atoms with Crippen LogP contribution in [-0.4, -0.2) is 48.0 Å². The van der Waals surface area contributed by atoms with Crippen LogP contribution < -0.4 is 10.6 Å². The maximum absolute atomic E-state index is 12.8. The van der Waals surface area contributed by atoms with Crippen LogP contribution in [0, 0.1) is 11.3 Å². The van der Waals surface area contributed by atoms with Gasteiger partial charge in [-0.2, -0.15) is 18.4 Å². The Balaban J connectivity index is 1.74. The molecule has 0 unspecified atom stereocenters. The van der Waals surface area contributed by atoms with Gasteiger partial charge in [0.25, 0.3) is 0 Å². The lowest BCUT2D eigenvalue weighted by Gasteiger charge is -2.19. The molecule has 0 radical (unpaired) electrons. The van der Waals surface area contributed by atoms with Crippen molar-refractivity contribution < 1.29 is 18.0 Å². The molecule has 24 heavy (non-hydrogen) atoms. The highest BCUT2D eigenvalue weighted by Gasteiger charge is 2.34. The summed E-state index contributed by atoms with van der Waals surface area (Å²) in [7, 11) is 0. The number of hydrogen-bond acceptors (Lipinski definition) is 5. The minimum Gasteiger partial charge on any atom is -0.368 e. The van der Waals surface area contributed by atoms with E-state index in [1.54, 1.807) is 0 Å². The number of nitrogens with one attached hydrogen (secondary N) is 2. The first-order chi connectivity index (χ1) is 11.4. The van der Waals surface area contributed by atoms with E-state index in [1.807, 2.05) is 0 Å². The Morgan fingerprint density at radius 2 is 2.25 bits per heavy atom. The fourth-order valence-corrected chi connectivity index (χ4v) is 2.54. The molecule has 1 aromatic heterocycles. The average Bonchev–Trinajstić information content (AvgIpc) is 3.02. The Hall–Kier alpha value is -2.34. The molecule has 2 rings (SSSR count). The predicted octanol–water partition coefficient (Wildman–Crippen LogP) is 1.62. The van der Waals surface area contributed by atoms with Crippen LogP contribution in [-0.2, 0) is 11.0 Å². The number of carbonyl (C=O) groups is 1. The summed E-state index contributed by atoms with van der Waals surface area (Å²) in [5.41, 5.74) is -0.824. The summed E-state index contributed by atoms with van der Waals surface area (Å²) in [6, 6.07) is 3.90.